The maximum atomic E-state index is 11.0. The van der Waals surface area contributed by atoms with Crippen molar-refractivity contribution in [3.05, 3.63) is 23.5 Å². The molecular weight excluding hydrogens is 238 g/mol. The second kappa shape index (κ2) is 3.39. The van der Waals surface area contributed by atoms with Gasteiger partial charge in [0.1, 0.15) is 0 Å². The number of imidazole rings is 1. The predicted molar refractivity (Wildman–Crippen MR) is 59.6 cm³/mol. The summed E-state index contributed by atoms with van der Waals surface area (Å²) in [6.45, 7) is 0. The van der Waals surface area contributed by atoms with Gasteiger partial charge in [0.15, 0.2) is 0 Å². The van der Waals surface area contributed by atoms with E-state index in [1.807, 2.05) is 0 Å². The van der Waals surface area contributed by atoms with E-state index in [9.17, 15) is 8.42 Å². The molecule has 0 aliphatic heterocycles. The number of sulfonamides is 1. The number of H-pyrrole nitrogens is 1. The van der Waals surface area contributed by atoms with Crippen molar-refractivity contribution in [3.8, 4) is 0 Å². The highest BCUT2D eigenvalue weighted by Gasteiger charge is 2.08. The molecule has 0 bridgehead atoms. The van der Waals surface area contributed by atoms with Gasteiger partial charge < -0.3 is 4.98 Å². The Balaban J connectivity index is 2.55. The van der Waals surface area contributed by atoms with Gasteiger partial charge in [0.05, 0.1) is 34.3 Å². The molecule has 5 nitrogen and oxygen atoms in total. The summed E-state index contributed by atoms with van der Waals surface area (Å²) < 4.78 is 24.4. The highest BCUT2D eigenvalue weighted by molar-refractivity contribution is 7.92. The van der Waals surface area contributed by atoms with Gasteiger partial charge in [-0.25, -0.2) is 13.4 Å². The first-order valence-corrected chi connectivity index (χ1v) is 6.33. The van der Waals surface area contributed by atoms with E-state index in [4.69, 9.17) is 11.6 Å². The third kappa shape index (κ3) is 2.21. The van der Waals surface area contributed by atoms with E-state index in [1.165, 1.54) is 6.33 Å². The average Bonchev–Trinajstić information content (AvgIpc) is 2.49. The van der Waals surface area contributed by atoms with Crippen LogP contribution in [0.2, 0.25) is 5.02 Å². The summed E-state index contributed by atoms with van der Waals surface area (Å²) in [4.78, 5) is 6.88. The molecule has 0 fully saturated rings. The summed E-state index contributed by atoms with van der Waals surface area (Å²) in [6.07, 6.45) is 2.59. The molecule has 1 aromatic carbocycles. The lowest BCUT2D eigenvalue weighted by Gasteiger charge is -2.05. The van der Waals surface area contributed by atoms with Crippen LogP contribution in [0.1, 0.15) is 0 Å². The SMILES string of the molecule is CS(=O)(=O)Nc1cc2nc[nH]c2cc1Cl. The van der Waals surface area contributed by atoms with E-state index in [0.717, 1.165) is 11.8 Å². The monoisotopic (exact) mass is 245 g/mol. The van der Waals surface area contributed by atoms with Crippen molar-refractivity contribution >= 4 is 38.3 Å². The normalized spacial score (nSPS) is 11.9. The summed E-state index contributed by atoms with van der Waals surface area (Å²) >= 11 is 5.89. The van der Waals surface area contributed by atoms with E-state index in [-0.39, 0.29) is 0 Å². The first-order valence-electron chi connectivity index (χ1n) is 4.06. The summed E-state index contributed by atoms with van der Waals surface area (Å²) in [5.41, 5.74) is 1.75. The molecule has 2 rings (SSSR count). The fourth-order valence-electron chi connectivity index (χ4n) is 1.23. The maximum absolute atomic E-state index is 11.0. The molecule has 15 heavy (non-hydrogen) atoms. The van der Waals surface area contributed by atoms with Crippen LogP contribution < -0.4 is 4.72 Å². The second-order valence-corrected chi connectivity index (χ2v) is 5.28. The molecule has 1 heterocycles. The van der Waals surface area contributed by atoms with Crippen LogP contribution in [0.5, 0.6) is 0 Å². The molecule has 1 aromatic heterocycles. The van der Waals surface area contributed by atoms with E-state index in [2.05, 4.69) is 14.7 Å². The molecule has 0 radical (unpaired) electrons. The number of halogens is 1. The predicted octanol–water partition coefficient (Wildman–Crippen LogP) is 1.59. The minimum atomic E-state index is -3.32. The molecule has 7 heteroatoms. The van der Waals surface area contributed by atoms with Gasteiger partial charge in [0, 0.05) is 0 Å². The lowest BCUT2D eigenvalue weighted by Crippen LogP contribution is -2.09. The van der Waals surface area contributed by atoms with Crippen LogP contribution >= 0.6 is 11.6 Å². The average molecular weight is 246 g/mol. The highest BCUT2D eigenvalue weighted by Crippen LogP contribution is 2.26. The molecule has 0 saturated carbocycles. The number of rotatable bonds is 2. The number of benzene rings is 1. The number of aromatic nitrogens is 2. The topological polar surface area (TPSA) is 74.8 Å². The summed E-state index contributed by atoms with van der Waals surface area (Å²) in [7, 11) is -3.32. The van der Waals surface area contributed by atoms with Crippen LogP contribution in [-0.2, 0) is 10.0 Å². The molecule has 0 unspecified atom stereocenters. The highest BCUT2D eigenvalue weighted by atomic mass is 35.5. The molecule has 2 N–H and O–H groups in total. The zero-order valence-electron chi connectivity index (χ0n) is 7.78. The lowest BCUT2D eigenvalue weighted by molar-refractivity contribution is 0.607. The first-order chi connectivity index (χ1) is 6.96. The van der Waals surface area contributed by atoms with Gasteiger partial charge in [-0.3, -0.25) is 4.72 Å². The molecule has 2 aromatic rings. The van der Waals surface area contributed by atoms with Crippen LogP contribution in [0, 0.1) is 0 Å². The van der Waals surface area contributed by atoms with Crippen molar-refractivity contribution in [1.29, 1.82) is 0 Å². The Labute approximate surface area is 91.5 Å². The molecule has 0 spiro atoms. The molecule has 80 valence electrons. The standard InChI is InChI=1S/C8H8ClN3O2S/c1-15(13,14)12-6-3-8-7(2-5(6)9)10-4-11-8/h2-4,12H,1H3,(H,10,11). The van der Waals surface area contributed by atoms with Crippen molar-refractivity contribution in [3.63, 3.8) is 0 Å². The molecule has 0 atom stereocenters. The van der Waals surface area contributed by atoms with Crippen molar-refractivity contribution < 1.29 is 8.42 Å². The van der Waals surface area contributed by atoms with Gasteiger partial charge >= 0.3 is 0 Å². The lowest BCUT2D eigenvalue weighted by atomic mass is 10.3. The Hall–Kier alpha value is -1.27. The van der Waals surface area contributed by atoms with E-state index in [0.29, 0.717) is 16.2 Å². The first kappa shape index (κ1) is 10.3. The van der Waals surface area contributed by atoms with Gasteiger partial charge in [-0.1, -0.05) is 11.6 Å². The molecule has 0 aliphatic rings. The minimum Gasteiger partial charge on any atom is -0.345 e. The fourth-order valence-corrected chi connectivity index (χ4v) is 2.07. The molecule has 0 aliphatic carbocycles. The number of hydrogen-bond acceptors (Lipinski definition) is 3. The molecule has 0 amide bonds. The number of hydrogen-bond donors (Lipinski definition) is 2. The Morgan fingerprint density at radius 2 is 2.20 bits per heavy atom. The van der Waals surface area contributed by atoms with Gasteiger partial charge in [-0.2, -0.15) is 0 Å². The van der Waals surface area contributed by atoms with Gasteiger partial charge in [0.25, 0.3) is 0 Å². The van der Waals surface area contributed by atoms with Gasteiger partial charge in [-0.15, -0.1) is 0 Å². The Bertz CT molecular complexity index is 605. The fraction of sp³-hybridized carbons (Fsp3) is 0.125. The van der Waals surface area contributed by atoms with Crippen molar-refractivity contribution in [2.45, 2.75) is 0 Å². The van der Waals surface area contributed by atoms with Crippen LogP contribution in [0.3, 0.4) is 0 Å². The van der Waals surface area contributed by atoms with Crippen molar-refractivity contribution in [2.75, 3.05) is 11.0 Å². The smallest absolute Gasteiger partial charge is 0.229 e. The minimum absolute atomic E-state index is 0.331. The van der Waals surface area contributed by atoms with Gasteiger partial charge in [-0.05, 0) is 12.1 Å². The van der Waals surface area contributed by atoms with Crippen LogP contribution in [-0.4, -0.2) is 24.6 Å². The number of nitrogens with one attached hydrogen (secondary N) is 2. The quantitative estimate of drug-likeness (QED) is 0.844. The largest absolute Gasteiger partial charge is 0.345 e. The van der Waals surface area contributed by atoms with Crippen LogP contribution in [0.15, 0.2) is 18.5 Å². The number of anilines is 1. The van der Waals surface area contributed by atoms with E-state index in [1.54, 1.807) is 12.1 Å². The zero-order chi connectivity index (χ0) is 11.1. The van der Waals surface area contributed by atoms with Crippen LogP contribution in [0.25, 0.3) is 11.0 Å². The maximum Gasteiger partial charge on any atom is 0.229 e. The Morgan fingerprint density at radius 3 is 2.87 bits per heavy atom. The molecular formula is C8H8ClN3O2S. The number of fused-ring (bicyclic) bond motifs is 1. The number of nitrogens with zero attached hydrogens (tertiary/aromatic N) is 1. The second-order valence-electron chi connectivity index (χ2n) is 3.13. The zero-order valence-corrected chi connectivity index (χ0v) is 9.35. The summed E-state index contributed by atoms with van der Waals surface area (Å²) in [6, 6.07) is 3.20. The molecule has 0 saturated heterocycles. The van der Waals surface area contributed by atoms with Crippen LogP contribution in [0.4, 0.5) is 5.69 Å². The van der Waals surface area contributed by atoms with Crippen molar-refractivity contribution in [2.24, 2.45) is 0 Å². The third-order valence-electron chi connectivity index (χ3n) is 1.80. The Kier molecular flexibility index (Phi) is 2.32. The number of aromatic amines is 1. The summed E-state index contributed by atoms with van der Waals surface area (Å²) in [5, 5.41) is 0.331. The Morgan fingerprint density at radius 1 is 1.47 bits per heavy atom. The van der Waals surface area contributed by atoms with E-state index >= 15 is 0 Å². The third-order valence-corrected chi connectivity index (χ3v) is 2.71. The van der Waals surface area contributed by atoms with Gasteiger partial charge in [0.2, 0.25) is 10.0 Å². The van der Waals surface area contributed by atoms with E-state index < -0.39 is 10.0 Å². The van der Waals surface area contributed by atoms with Crippen molar-refractivity contribution in [1.82, 2.24) is 9.97 Å². The summed E-state index contributed by atoms with van der Waals surface area (Å²) in [5.74, 6) is 0.